The first kappa shape index (κ1) is 26.5. The van der Waals surface area contributed by atoms with E-state index in [1.54, 1.807) is 36.4 Å². The van der Waals surface area contributed by atoms with Crippen molar-refractivity contribution in [3.8, 4) is 0 Å². The number of hydrogen-bond acceptors (Lipinski definition) is 4. The van der Waals surface area contributed by atoms with Crippen LogP contribution in [-0.4, -0.2) is 41.0 Å². The Bertz CT molecular complexity index is 1330. The van der Waals surface area contributed by atoms with E-state index in [2.05, 4.69) is 10.6 Å². The molecule has 2 atom stereocenters. The number of carbonyl (C=O) groups excluding carboxylic acids is 3. The van der Waals surface area contributed by atoms with E-state index in [0.717, 1.165) is 18.5 Å². The maximum absolute atomic E-state index is 12.9. The molecule has 2 fully saturated rings. The van der Waals surface area contributed by atoms with Gasteiger partial charge in [-0.1, -0.05) is 30.3 Å². The summed E-state index contributed by atoms with van der Waals surface area (Å²) < 4.78 is 5.68. The second-order valence-corrected chi connectivity index (χ2v) is 11.5. The molecule has 39 heavy (non-hydrogen) atoms. The zero-order valence-corrected chi connectivity index (χ0v) is 22.6. The van der Waals surface area contributed by atoms with Gasteiger partial charge in [0.2, 0.25) is 0 Å². The second-order valence-electron chi connectivity index (χ2n) is 11.5. The molecule has 2 aliphatic rings. The minimum atomic E-state index is -0.514. The summed E-state index contributed by atoms with van der Waals surface area (Å²) in [6.45, 7) is 6.46. The van der Waals surface area contributed by atoms with Crippen molar-refractivity contribution in [3.05, 3.63) is 95.6 Å². The Kier molecular flexibility index (Phi) is 7.42. The maximum atomic E-state index is 12.9. The van der Waals surface area contributed by atoms with Gasteiger partial charge in [0.1, 0.15) is 5.60 Å². The van der Waals surface area contributed by atoms with Crippen LogP contribution in [0.2, 0.25) is 0 Å². The summed E-state index contributed by atoms with van der Waals surface area (Å²) in [7, 11) is 0. The SMILES string of the molecule is CC(C)(C)OC(=O)N(CC1CC1)[C@@H]1C[C@H]1c1ccc(NC(=O)c2ccc(NC(=O)c3ccccc3)cc2)cc1. The first-order chi connectivity index (χ1) is 18.7. The van der Waals surface area contributed by atoms with Gasteiger partial charge in [0.15, 0.2) is 0 Å². The van der Waals surface area contributed by atoms with Crippen LogP contribution in [0.4, 0.5) is 16.2 Å². The quantitative estimate of drug-likeness (QED) is 0.343. The van der Waals surface area contributed by atoms with Crippen molar-refractivity contribution >= 4 is 29.3 Å². The number of nitrogens with zero attached hydrogens (tertiary/aromatic N) is 1. The standard InChI is InChI=1S/C32H35N3O4/c1-32(2,3)39-31(38)35(20-21-9-10-21)28-19-27(28)22-11-15-25(16-12-22)34-30(37)24-13-17-26(18-14-24)33-29(36)23-7-5-4-6-8-23/h4-8,11-18,21,27-28H,9-10,19-20H2,1-3H3,(H,33,36)(H,34,37)/t27-,28+/m0/s1. The topological polar surface area (TPSA) is 87.7 Å². The second kappa shape index (κ2) is 10.9. The molecule has 0 aliphatic heterocycles. The van der Waals surface area contributed by atoms with Crippen molar-refractivity contribution in [2.24, 2.45) is 5.92 Å². The van der Waals surface area contributed by atoms with E-state index in [4.69, 9.17) is 4.74 Å². The van der Waals surface area contributed by atoms with E-state index in [-0.39, 0.29) is 29.9 Å². The third-order valence-electron chi connectivity index (χ3n) is 6.97. The Morgan fingerprint density at radius 1 is 0.795 bits per heavy atom. The average molecular weight is 526 g/mol. The molecule has 2 saturated carbocycles. The molecule has 7 nitrogen and oxygen atoms in total. The van der Waals surface area contributed by atoms with Crippen LogP contribution in [0.3, 0.4) is 0 Å². The highest BCUT2D eigenvalue weighted by atomic mass is 16.6. The van der Waals surface area contributed by atoms with Crippen LogP contribution in [0.25, 0.3) is 0 Å². The average Bonchev–Trinajstić information content (AvgIpc) is 3.83. The summed E-state index contributed by atoms with van der Waals surface area (Å²) in [5.74, 6) is 0.436. The van der Waals surface area contributed by atoms with Gasteiger partial charge in [-0.15, -0.1) is 0 Å². The van der Waals surface area contributed by atoms with Gasteiger partial charge in [0.05, 0.1) is 0 Å². The fraction of sp³-hybridized carbons (Fsp3) is 0.344. The van der Waals surface area contributed by atoms with Crippen molar-refractivity contribution in [1.82, 2.24) is 4.90 Å². The van der Waals surface area contributed by atoms with Gasteiger partial charge >= 0.3 is 6.09 Å². The minimum Gasteiger partial charge on any atom is -0.444 e. The van der Waals surface area contributed by atoms with Crippen molar-refractivity contribution in [2.75, 3.05) is 17.2 Å². The Labute approximate surface area is 229 Å². The third kappa shape index (κ3) is 7.05. The highest BCUT2D eigenvalue weighted by Crippen LogP contribution is 2.47. The smallest absolute Gasteiger partial charge is 0.410 e. The zero-order chi connectivity index (χ0) is 27.6. The third-order valence-corrected chi connectivity index (χ3v) is 6.97. The van der Waals surface area contributed by atoms with Crippen LogP contribution in [0.5, 0.6) is 0 Å². The van der Waals surface area contributed by atoms with Crippen LogP contribution in [0.1, 0.15) is 72.2 Å². The van der Waals surface area contributed by atoms with E-state index in [9.17, 15) is 14.4 Å². The summed E-state index contributed by atoms with van der Waals surface area (Å²) >= 11 is 0. The maximum Gasteiger partial charge on any atom is 0.410 e. The number of amides is 3. The van der Waals surface area contributed by atoms with Crippen LogP contribution in [-0.2, 0) is 4.74 Å². The Morgan fingerprint density at radius 3 is 1.87 bits per heavy atom. The van der Waals surface area contributed by atoms with Crippen LogP contribution in [0, 0.1) is 5.92 Å². The molecule has 0 heterocycles. The molecule has 0 aromatic heterocycles. The molecule has 2 aliphatic carbocycles. The lowest BCUT2D eigenvalue weighted by Gasteiger charge is -2.28. The number of nitrogens with one attached hydrogen (secondary N) is 2. The Hall–Kier alpha value is -4.13. The Balaban J connectivity index is 1.16. The van der Waals surface area contributed by atoms with Crippen LogP contribution >= 0.6 is 0 Å². The van der Waals surface area contributed by atoms with Gasteiger partial charge in [-0.2, -0.15) is 0 Å². The summed E-state index contributed by atoms with van der Waals surface area (Å²) in [4.78, 5) is 39.9. The lowest BCUT2D eigenvalue weighted by molar-refractivity contribution is 0.0220. The van der Waals surface area contributed by atoms with Gasteiger partial charge in [-0.25, -0.2) is 4.79 Å². The fourth-order valence-corrected chi connectivity index (χ4v) is 4.64. The number of anilines is 2. The lowest BCUT2D eigenvalue weighted by Crippen LogP contribution is -2.40. The summed E-state index contributed by atoms with van der Waals surface area (Å²) in [6.07, 6.45) is 3.05. The molecule has 0 unspecified atom stereocenters. The summed E-state index contributed by atoms with van der Waals surface area (Å²) in [5, 5.41) is 5.77. The van der Waals surface area contributed by atoms with Crippen molar-refractivity contribution in [1.29, 1.82) is 0 Å². The van der Waals surface area contributed by atoms with Crippen LogP contribution in [0.15, 0.2) is 78.9 Å². The molecule has 3 aromatic carbocycles. The van der Waals surface area contributed by atoms with Gasteiger partial charge in [-0.3, -0.25) is 9.59 Å². The van der Waals surface area contributed by atoms with Gasteiger partial charge in [0, 0.05) is 41.0 Å². The highest BCUT2D eigenvalue weighted by Gasteiger charge is 2.47. The van der Waals surface area contributed by atoms with Crippen molar-refractivity contribution < 1.29 is 19.1 Å². The van der Waals surface area contributed by atoms with Gasteiger partial charge < -0.3 is 20.3 Å². The molecule has 0 spiro atoms. The van der Waals surface area contributed by atoms with Crippen molar-refractivity contribution in [3.63, 3.8) is 0 Å². The molecular weight excluding hydrogens is 490 g/mol. The van der Waals surface area contributed by atoms with E-state index < -0.39 is 5.60 Å². The van der Waals surface area contributed by atoms with E-state index in [1.807, 2.05) is 68.1 Å². The molecule has 3 amide bonds. The highest BCUT2D eigenvalue weighted by molar-refractivity contribution is 6.06. The number of carbonyl (C=O) groups is 3. The number of rotatable bonds is 8. The summed E-state index contributed by atoms with van der Waals surface area (Å²) in [6, 6.07) is 23.8. The van der Waals surface area contributed by atoms with E-state index in [1.165, 1.54) is 12.8 Å². The molecule has 3 aromatic rings. The van der Waals surface area contributed by atoms with Gasteiger partial charge in [-0.05, 0) is 100 Å². The van der Waals surface area contributed by atoms with E-state index >= 15 is 0 Å². The first-order valence-electron chi connectivity index (χ1n) is 13.5. The largest absolute Gasteiger partial charge is 0.444 e. The van der Waals surface area contributed by atoms with Crippen molar-refractivity contribution in [2.45, 2.75) is 57.6 Å². The number of ether oxygens (including phenoxy) is 1. The normalized spacial score (nSPS) is 18.1. The summed E-state index contributed by atoms with van der Waals surface area (Å²) in [5.41, 5.74) is 3.02. The first-order valence-corrected chi connectivity index (χ1v) is 13.5. The molecule has 0 radical (unpaired) electrons. The predicted molar refractivity (Wildman–Crippen MR) is 152 cm³/mol. The van der Waals surface area contributed by atoms with E-state index in [0.29, 0.717) is 28.4 Å². The monoisotopic (exact) mass is 525 g/mol. The molecule has 2 N–H and O–H groups in total. The zero-order valence-electron chi connectivity index (χ0n) is 22.6. The molecule has 0 bridgehead atoms. The number of hydrogen-bond donors (Lipinski definition) is 2. The molecular formula is C32H35N3O4. The number of benzene rings is 3. The van der Waals surface area contributed by atoms with Crippen LogP contribution < -0.4 is 10.6 Å². The molecule has 0 saturated heterocycles. The Morgan fingerprint density at radius 2 is 1.33 bits per heavy atom. The van der Waals surface area contributed by atoms with Gasteiger partial charge in [0.25, 0.3) is 11.8 Å². The molecule has 7 heteroatoms. The fourth-order valence-electron chi connectivity index (χ4n) is 4.64. The predicted octanol–water partition coefficient (Wildman–Crippen LogP) is 6.69. The lowest BCUT2D eigenvalue weighted by atomic mass is 10.1. The minimum absolute atomic E-state index is 0.154. The molecule has 202 valence electrons. The molecule has 5 rings (SSSR count).